The van der Waals surface area contributed by atoms with Gasteiger partial charge in [-0.2, -0.15) is 0 Å². The maximum absolute atomic E-state index is 11.5. The summed E-state index contributed by atoms with van der Waals surface area (Å²) < 4.78 is 5.97. The number of nitrogens with zero attached hydrogens (tertiary/aromatic N) is 1. The second kappa shape index (κ2) is 14.6. The Balaban J connectivity index is 0.00000190. The molecular formula is C19H33N3O5S. The van der Waals surface area contributed by atoms with E-state index in [9.17, 15) is 9.90 Å². The lowest BCUT2D eigenvalue weighted by Crippen LogP contribution is -2.21. The molecule has 160 valence electrons. The molecular weight excluding hydrogens is 382 g/mol. The minimum Gasteiger partial charge on any atom is -0.489 e. The summed E-state index contributed by atoms with van der Waals surface area (Å²) in [7, 11) is 2.10. The number of carboxylic acid groups (broad SMARTS) is 1. The number of nitrogens with one attached hydrogen (secondary N) is 1. The molecule has 0 saturated carbocycles. The Morgan fingerprint density at radius 2 is 1.96 bits per heavy atom. The van der Waals surface area contributed by atoms with Crippen molar-refractivity contribution < 1.29 is 25.1 Å². The van der Waals surface area contributed by atoms with Crippen LogP contribution in [0.4, 0.5) is 0 Å². The zero-order chi connectivity index (χ0) is 20.8. The number of unbranched alkanes of at least 4 members (excludes halogenated alkanes) is 3. The van der Waals surface area contributed by atoms with Crippen LogP contribution in [-0.2, 0) is 4.79 Å². The summed E-state index contributed by atoms with van der Waals surface area (Å²) in [5.41, 5.74) is 2.14. The summed E-state index contributed by atoms with van der Waals surface area (Å²) in [6, 6.07) is 7.76. The van der Waals surface area contributed by atoms with Gasteiger partial charge >= 0.3 is 5.97 Å². The molecule has 1 aliphatic heterocycles. The van der Waals surface area contributed by atoms with E-state index in [0.717, 1.165) is 55.8 Å². The molecule has 8 nitrogen and oxygen atoms in total. The highest BCUT2D eigenvalue weighted by atomic mass is 32.2. The average molecular weight is 416 g/mol. The fourth-order valence-electron chi connectivity index (χ4n) is 3.06. The molecule has 9 heteroatoms. The van der Waals surface area contributed by atoms with Gasteiger partial charge in [0.1, 0.15) is 17.1 Å². The largest absolute Gasteiger partial charge is 0.489 e. The normalized spacial score (nSPS) is 17.6. The van der Waals surface area contributed by atoms with Gasteiger partial charge in [-0.1, -0.05) is 19.3 Å². The van der Waals surface area contributed by atoms with Crippen LogP contribution in [0.15, 0.2) is 29.2 Å². The smallest absolute Gasteiger partial charge is 0.316 e. The van der Waals surface area contributed by atoms with Gasteiger partial charge in [0.15, 0.2) is 0 Å². The Kier molecular flexibility index (Phi) is 12.9. The molecule has 1 aromatic rings. The molecule has 1 aliphatic rings. The molecule has 0 spiro atoms. The Bertz CT molecular complexity index is 547. The quantitative estimate of drug-likeness (QED) is 0.199. The maximum Gasteiger partial charge on any atom is 0.316 e. The fraction of sp³-hybridized carbons (Fsp3) is 0.632. The second-order valence-electron chi connectivity index (χ2n) is 6.82. The average Bonchev–Trinajstić information content (AvgIpc) is 3.11. The van der Waals surface area contributed by atoms with Gasteiger partial charge in [0.25, 0.3) is 0 Å². The molecule has 0 amide bonds. The Labute approximate surface area is 171 Å². The molecule has 6 N–H and O–H groups in total. The number of thioether (sulfide) groups is 1. The van der Waals surface area contributed by atoms with E-state index in [0.29, 0.717) is 13.0 Å². The van der Waals surface area contributed by atoms with Crippen molar-refractivity contribution in [1.82, 2.24) is 10.4 Å². The van der Waals surface area contributed by atoms with Crippen molar-refractivity contribution in [3.8, 4) is 5.75 Å². The van der Waals surface area contributed by atoms with E-state index in [1.54, 1.807) is 0 Å². The van der Waals surface area contributed by atoms with Gasteiger partial charge in [-0.3, -0.25) is 4.79 Å². The number of nitrogens with two attached hydrogens (primary N) is 1. The van der Waals surface area contributed by atoms with E-state index in [2.05, 4.69) is 23.3 Å². The van der Waals surface area contributed by atoms with Crippen LogP contribution in [0.5, 0.6) is 5.75 Å². The van der Waals surface area contributed by atoms with Crippen LogP contribution in [0, 0.1) is 0 Å². The summed E-state index contributed by atoms with van der Waals surface area (Å²) >= 11 is 1.40. The minimum atomic E-state index is -0.763. The van der Waals surface area contributed by atoms with Gasteiger partial charge in [0.2, 0.25) is 0 Å². The predicted molar refractivity (Wildman–Crippen MR) is 109 cm³/mol. The maximum atomic E-state index is 11.5. The van der Waals surface area contributed by atoms with Crippen molar-refractivity contribution in [2.24, 2.45) is 5.90 Å². The molecule has 2 unspecified atom stereocenters. The molecule has 1 heterocycles. The van der Waals surface area contributed by atoms with Gasteiger partial charge in [-0.15, -0.1) is 11.8 Å². The van der Waals surface area contributed by atoms with Crippen molar-refractivity contribution in [2.45, 2.75) is 54.8 Å². The Morgan fingerprint density at radius 1 is 1.29 bits per heavy atom. The fourth-order valence-corrected chi connectivity index (χ4v) is 4.07. The van der Waals surface area contributed by atoms with Crippen molar-refractivity contribution in [2.75, 3.05) is 26.7 Å². The van der Waals surface area contributed by atoms with Crippen LogP contribution in [0.3, 0.4) is 0 Å². The van der Waals surface area contributed by atoms with E-state index in [1.807, 2.05) is 24.3 Å². The van der Waals surface area contributed by atoms with Crippen LogP contribution in [-0.4, -0.2) is 64.4 Å². The van der Waals surface area contributed by atoms with E-state index in [1.165, 1.54) is 11.8 Å². The molecule has 1 aromatic carbocycles. The monoisotopic (exact) mass is 415 g/mol. The third-order valence-electron chi connectivity index (χ3n) is 4.53. The Hall–Kier alpha value is -1.36. The van der Waals surface area contributed by atoms with Crippen molar-refractivity contribution in [1.29, 1.82) is 0 Å². The number of likely N-dealkylation sites (N-methyl/N-ethyl adjacent to an activating group) is 1. The van der Waals surface area contributed by atoms with Crippen LogP contribution >= 0.6 is 11.8 Å². The number of hydrogen-bond donors (Lipinski definition) is 5. The zero-order valence-electron chi connectivity index (χ0n) is 16.4. The standard InChI is InChI=1S/C19H30N2O4S.H3NO/c1-21-13-11-16(14-21)25-15-7-9-17(10-8-15)26-18(19(22)23)6-4-2-3-5-12-20-24;1-2/h7-10,16,18,20,24H,2-6,11-14H2,1H3,(H,22,23);2H,1H2. The van der Waals surface area contributed by atoms with Crippen molar-refractivity contribution in [3.05, 3.63) is 24.3 Å². The first-order valence-corrected chi connectivity index (χ1v) is 10.4. The molecule has 1 fully saturated rings. The Morgan fingerprint density at radius 3 is 2.54 bits per heavy atom. The minimum absolute atomic E-state index is 0.242. The number of carboxylic acids is 1. The highest BCUT2D eigenvalue weighted by molar-refractivity contribution is 8.00. The number of hydroxylamine groups is 1. The van der Waals surface area contributed by atoms with E-state index < -0.39 is 11.2 Å². The molecule has 1 saturated heterocycles. The summed E-state index contributed by atoms with van der Waals surface area (Å²) in [6.07, 6.45) is 5.70. The number of ether oxygens (including phenoxy) is 1. The molecule has 0 bridgehead atoms. The van der Waals surface area contributed by atoms with Crippen LogP contribution in [0.2, 0.25) is 0 Å². The number of carbonyl (C=O) groups is 1. The predicted octanol–water partition coefficient (Wildman–Crippen LogP) is 2.58. The van der Waals surface area contributed by atoms with Gasteiger partial charge in [-0.05, 0) is 50.6 Å². The number of hydrogen-bond acceptors (Lipinski definition) is 8. The van der Waals surface area contributed by atoms with Crippen LogP contribution in [0.1, 0.15) is 38.5 Å². The van der Waals surface area contributed by atoms with E-state index in [4.69, 9.17) is 15.2 Å². The third kappa shape index (κ3) is 9.72. The summed E-state index contributed by atoms with van der Waals surface area (Å²) in [5.74, 6) is 3.58. The van der Waals surface area contributed by atoms with Crippen molar-refractivity contribution >= 4 is 17.7 Å². The van der Waals surface area contributed by atoms with Crippen LogP contribution in [0.25, 0.3) is 0 Å². The highest BCUT2D eigenvalue weighted by Crippen LogP contribution is 2.29. The number of aliphatic carboxylic acids is 1. The van der Waals surface area contributed by atoms with Gasteiger partial charge < -0.3 is 25.2 Å². The number of likely N-dealkylation sites (tertiary alicyclic amines) is 1. The highest BCUT2D eigenvalue weighted by Gasteiger charge is 2.21. The second-order valence-corrected chi connectivity index (χ2v) is 8.09. The van der Waals surface area contributed by atoms with Gasteiger partial charge in [0.05, 0.1) is 0 Å². The summed E-state index contributed by atoms with van der Waals surface area (Å²) in [6.45, 7) is 2.60. The SMILES string of the molecule is CN1CCC(Oc2ccc(SC(CCCCCCNO)C(=O)O)cc2)C1.NO. The summed E-state index contributed by atoms with van der Waals surface area (Å²) in [4.78, 5) is 14.7. The lowest BCUT2D eigenvalue weighted by atomic mass is 10.1. The number of benzene rings is 1. The third-order valence-corrected chi connectivity index (χ3v) is 5.80. The lowest BCUT2D eigenvalue weighted by molar-refractivity contribution is -0.136. The van der Waals surface area contributed by atoms with E-state index in [-0.39, 0.29) is 6.10 Å². The first kappa shape index (κ1) is 24.7. The zero-order valence-corrected chi connectivity index (χ0v) is 17.2. The molecule has 2 rings (SSSR count). The molecule has 28 heavy (non-hydrogen) atoms. The molecule has 0 aromatic heterocycles. The first-order valence-electron chi connectivity index (χ1n) is 9.56. The molecule has 0 aliphatic carbocycles. The molecule has 2 atom stereocenters. The lowest BCUT2D eigenvalue weighted by Gasteiger charge is -2.15. The number of rotatable bonds is 12. The van der Waals surface area contributed by atoms with Crippen molar-refractivity contribution in [3.63, 3.8) is 0 Å². The van der Waals surface area contributed by atoms with Gasteiger partial charge in [-0.25, -0.2) is 11.4 Å². The van der Waals surface area contributed by atoms with E-state index >= 15 is 0 Å². The first-order chi connectivity index (χ1) is 13.6. The van der Waals surface area contributed by atoms with Gasteiger partial charge in [0, 0.05) is 24.5 Å². The van der Waals surface area contributed by atoms with Crippen LogP contribution < -0.4 is 16.1 Å². The molecule has 0 radical (unpaired) electrons. The summed E-state index contributed by atoms with van der Waals surface area (Å²) in [5, 5.41) is 24.0. The topological polar surface area (TPSA) is 128 Å².